The van der Waals surface area contributed by atoms with Crippen LogP contribution in [0, 0.1) is 0 Å². The number of nitrogens with one attached hydrogen (secondary N) is 1. The lowest BCUT2D eigenvalue weighted by Gasteiger charge is -2.32. The summed E-state index contributed by atoms with van der Waals surface area (Å²) < 4.78 is 10.6. The van der Waals surface area contributed by atoms with Crippen LogP contribution >= 0.6 is 0 Å². The maximum absolute atomic E-state index is 12.7. The molecule has 0 bridgehead atoms. The minimum atomic E-state index is -0.237. The van der Waals surface area contributed by atoms with Gasteiger partial charge in [-0.05, 0) is 37.1 Å². The SMILES string of the molecule is COc1cccc(OC)c1C(=O)NC1CCN(C(=O)c2ccccn2)CC1. The van der Waals surface area contributed by atoms with Crippen LogP contribution in [0.3, 0.4) is 0 Å². The standard InChI is InChI=1S/C20H23N3O4/c1-26-16-7-5-8-17(27-2)18(16)19(24)22-14-9-12-23(13-10-14)20(25)15-6-3-4-11-21-15/h3-8,11,14H,9-10,12-13H2,1-2H3,(H,22,24). The van der Waals surface area contributed by atoms with E-state index in [2.05, 4.69) is 10.3 Å². The van der Waals surface area contributed by atoms with Gasteiger partial charge in [0.25, 0.3) is 11.8 Å². The van der Waals surface area contributed by atoms with Gasteiger partial charge in [0, 0.05) is 25.3 Å². The first-order valence-corrected chi connectivity index (χ1v) is 8.86. The van der Waals surface area contributed by atoms with Crippen molar-refractivity contribution in [2.45, 2.75) is 18.9 Å². The molecule has 1 aliphatic heterocycles. The molecule has 2 heterocycles. The number of carbonyl (C=O) groups is 2. The molecule has 142 valence electrons. The summed E-state index contributed by atoms with van der Waals surface area (Å²) in [6, 6.07) is 10.5. The molecule has 7 nitrogen and oxygen atoms in total. The van der Waals surface area contributed by atoms with E-state index < -0.39 is 0 Å². The minimum absolute atomic E-state index is 0.0140. The third-order valence-corrected chi connectivity index (χ3v) is 4.66. The van der Waals surface area contributed by atoms with Crippen molar-refractivity contribution in [2.24, 2.45) is 0 Å². The van der Waals surface area contributed by atoms with E-state index in [0.29, 0.717) is 48.7 Å². The van der Waals surface area contributed by atoms with Crippen molar-refractivity contribution in [1.29, 1.82) is 0 Å². The summed E-state index contributed by atoms with van der Waals surface area (Å²) in [5.41, 5.74) is 0.827. The Morgan fingerprint density at radius 3 is 2.26 bits per heavy atom. The molecule has 0 saturated carbocycles. The fourth-order valence-electron chi connectivity index (χ4n) is 3.21. The molecule has 2 amide bonds. The smallest absolute Gasteiger partial charge is 0.272 e. The fraction of sp³-hybridized carbons (Fsp3) is 0.350. The second-order valence-electron chi connectivity index (χ2n) is 6.29. The highest BCUT2D eigenvalue weighted by molar-refractivity contribution is 6.00. The zero-order valence-electron chi connectivity index (χ0n) is 15.5. The number of benzene rings is 1. The number of aromatic nitrogens is 1. The van der Waals surface area contributed by atoms with Gasteiger partial charge in [-0.2, -0.15) is 0 Å². The Bertz CT molecular complexity index is 780. The summed E-state index contributed by atoms with van der Waals surface area (Å²) in [5, 5.41) is 3.03. The monoisotopic (exact) mass is 369 g/mol. The van der Waals surface area contributed by atoms with Crippen LogP contribution in [0.2, 0.25) is 0 Å². The minimum Gasteiger partial charge on any atom is -0.496 e. The molecule has 1 aromatic carbocycles. The Balaban J connectivity index is 1.61. The quantitative estimate of drug-likeness (QED) is 0.873. The number of hydrogen-bond donors (Lipinski definition) is 1. The molecule has 7 heteroatoms. The summed E-state index contributed by atoms with van der Waals surface area (Å²) in [6.45, 7) is 1.15. The van der Waals surface area contributed by atoms with Crippen LogP contribution in [0.4, 0.5) is 0 Å². The van der Waals surface area contributed by atoms with Crippen molar-refractivity contribution in [2.75, 3.05) is 27.3 Å². The number of amides is 2. The molecule has 0 atom stereocenters. The molecular formula is C20H23N3O4. The van der Waals surface area contributed by atoms with E-state index in [1.54, 1.807) is 47.5 Å². The normalized spacial score (nSPS) is 14.5. The number of piperidine rings is 1. The predicted octanol–water partition coefficient (Wildman–Crippen LogP) is 2.13. The third-order valence-electron chi connectivity index (χ3n) is 4.66. The van der Waals surface area contributed by atoms with E-state index in [9.17, 15) is 9.59 Å². The van der Waals surface area contributed by atoms with Gasteiger partial charge in [0.2, 0.25) is 0 Å². The van der Waals surface area contributed by atoms with Gasteiger partial charge in [-0.25, -0.2) is 0 Å². The van der Waals surface area contributed by atoms with E-state index >= 15 is 0 Å². The summed E-state index contributed by atoms with van der Waals surface area (Å²) in [7, 11) is 3.04. The Morgan fingerprint density at radius 2 is 1.70 bits per heavy atom. The summed E-state index contributed by atoms with van der Waals surface area (Å²) in [6.07, 6.45) is 2.98. The van der Waals surface area contributed by atoms with Gasteiger partial charge >= 0.3 is 0 Å². The van der Waals surface area contributed by atoms with Crippen LogP contribution in [0.1, 0.15) is 33.7 Å². The number of rotatable bonds is 5. The van der Waals surface area contributed by atoms with Gasteiger partial charge in [-0.3, -0.25) is 14.6 Å². The summed E-state index contributed by atoms with van der Waals surface area (Å²) >= 11 is 0. The average Bonchev–Trinajstić information content (AvgIpc) is 2.73. The second-order valence-corrected chi connectivity index (χ2v) is 6.29. The van der Waals surface area contributed by atoms with Crippen LogP contribution in [-0.2, 0) is 0 Å². The molecule has 1 fully saturated rings. The molecule has 2 aromatic rings. The second kappa shape index (κ2) is 8.53. The van der Waals surface area contributed by atoms with Crippen molar-refractivity contribution in [3.63, 3.8) is 0 Å². The van der Waals surface area contributed by atoms with E-state index in [1.165, 1.54) is 14.2 Å². The van der Waals surface area contributed by atoms with Crippen LogP contribution < -0.4 is 14.8 Å². The van der Waals surface area contributed by atoms with Crippen LogP contribution in [0.15, 0.2) is 42.6 Å². The maximum Gasteiger partial charge on any atom is 0.272 e. The highest BCUT2D eigenvalue weighted by Crippen LogP contribution is 2.28. The number of pyridine rings is 1. The molecule has 1 saturated heterocycles. The van der Waals surface area contributed by atoms with E-state index in [1.807, 2.05) is 0 Å². The first kappa shape index (κ1) is 18.7. The molecule has 0 spiro atoms. The van der Waals surface area contributed by atoms with E-state index in [4.69, 9.17) is 9.47 Å². The number of methoxy groups -OCH3 is 2. The van der Waals surface area contributed by atoms with Crippen molar-refractivity contribution < 1.29 is 19.1 Å². The molecular weight excluding hydrogens is 346 g/mol. The van der Waals surface area contributed by atoms with E-state index in [-0.39, 0.29) is 17.9 Å². The predicted molar refractivity (Wildman–Crippen MR) is 100 cm³/mol. The third kappa shape index (κ3) is 4.19. The van der Waals surface area contributed by atoms with Gasteiger partial charge < -0.3 is 19.7 Å². The molecule has 1 aromatic heterocycles. The summed E-state index contributed by atoms with van der Waals surface area (Å²) in [5.74, 6) is 0.620. The lowest BCUT2D eigenvalue weighted by Crippen LogP contribution is -2.46. The van der Waals surface area contributed by atoms with Gasteiger partial charge in [-0.15, -0.1) is 0 Å². The van der Waals surface area contributed by atoms with Gasteiger partial charge in [0.1, 0.15) is 22.8 Å². The van der Waals surface area contributed by atoms with Crippen molar-refractivity contribution >= 4 is 11.8 Å². The Labute approximate surface area is 158 Å². The Kier molecular flexibility index (Phi) is 5.90. The number of hydrogen-bond acceptors (Lipinski definition) is 5. The molecule has 0 unspecified atom stereocenters. The lowest BCUT2D eigenvalue weighted by molar-refractivity contribution is 0.0692. The first-order valence-electron chi connectivity index (χ1n) is 8.86. The summed E-state index contributed by atoms with van der Waals surface area (Å²) in [4.78, 5) is 31.1. The van der Waals surface area contributed by atoms with E-state index in [0.717, 1.165) is 0 Å². The largest absolute Gasteiger partial charge is 0.496 e. The topological polar surface area (TPSA) is 80.8 Å². The number of carbonyl (C=O) groups excluding carboxylic acids is 2. The lowest BCUT2D eigenvalue weighted by atomic mass is 10.0. The molecule has 0 aliphatic carbocycles. The molecule has 3 rings (SSSR count). The Hall–Kier alpha value is -3.09. The fourth-order valence-corrected chi connectivity index (χ4v) is 3.21. The van der Waals surface area contributed by atoms with Crippen LogP contribution in [0.5, 0.6) is 11.5 Å². The van der Waals surface area contributed by atoms with Crippen molar-refractivity contribution in [1.82, 2.24) is 15.2 Å². The van der Waals surface area contributed by atoms with Crippen LogP contribution in [-0.4, -0.2) is 55.0 Å². The van der Waals surface area contributed by atoms with Gasteiger partial charge in [-0.1, -0.05) is 12.1 Å². The highest BCUT2D eigenvalue weighted by atomic mass is 16.5. The van der Waals surface area contributed by atoms with Gasteiger partial charge in [0.05, 0.1) is 14.2 Å². The van der Waals surface area contributed by atoms with Crippen molar-refractivity contribution in [3.8, 4) is 11.5 Å². The highest BCUT2D eigenvalue weighted by Gasteiger charge is 2.27. The zero-order chi connectivity index (χ0) is 19.2. The molecule has 1 N–H and O–H groups in total. The molecule has 0 radical (unpaired) electrons. The average molecular weight is 369 g/mol. The number of likely N-dealkylation sites (tertiary alicyclic amines) is 1. The molecule has 1 aliphatic rings. The number of nitrogens with zero attached hydrogens (tertiary/aromatic N) is 2. The zero-order valence-corrected chi connectivity index (χ0v) is 15.5. The maximum atomic E-state index is 12.7. The Morgan fingerprint density at radius 1 is 1.04 bits per heavy atom. The molecule has 27 heavy (non-hydrogen) atoms. The van der Waals surface area contributed by atoms with Gasteiger partial charge in [0.15, 0.2) is 0 Å². The first-order chi connectivity index (χ1) is 13.1. The van der Waals surface area contributed by atoms with Crippen LogP contribution in [0.25, 0.3) is 0 Å². The van der Waals surface area contributed by atoms with Crippen molar-refractivity contribution in [3.05, 3.63) is 53.9 Å². The number of ether oxygens (including phenoxy) is 2.